The largest absolute Gasteiger partial charge is 0.481 e. The molecule has 0 bridgehead atoms. The van der Waals surface area contributed by atoms with Crippen LogP contribution < -0.4 is 10.4 Å². The molecule has 2 N–H and O–H groups in total. The maximum atomic E-state index is 13.1. The first-order chi connectivity index (χ1) is 17.1. The number of rotatable bonds is 14. The Hall–Kier alpha value is -2.37. The van der Waals surface area contributed by atoms with Crippen LogP contribution in [0.5, 0.6) is 0 Å². The molecule has 1 aromatic carbocycles. The van der Waals surface area contributed by atoms with E-state index in [9.17, 15) is 18.0 Å². The number of hydrogen-bond donors (Lipinski definition) is 2. The lowest BCUT2D eigenvalue weighted by molar-refractivity contribution is -0.137. The molecule has 36 heavy (non-hydrogen) atoms. The molecule has 8 nitrogen and oxygen atoms in total. The predicted molar refractivity (Wildman–Crippen MR) is 146 cm³/mol. The van der Waals surface area contributed by atoms with E-state index in [1.165, 1.54) is 28.5 Å². The third-order valence-corrected chi connectivity index (χ3v) is 9.86. The lowest BCUT2D eigenvalue weighted by Gasteiger charge is -2.17. The van der Waals surface area contributed by atoms with Crippen LogP contribution in [0.4, 0.5) is 5.82 Å². The van der Waals surface area contributed by atoms with Gasteiger partial charge in [-0.15, -0.1) is 23.1 Å². The van der Waals surface area contributed by atoms with Gasteiger partial charge in [-0.1, -0.05) is 43.9 Å². The first-order valence-electron chi connectivity index (χ1n) is 12.1. The van der Waals surface area contributed by atoms with E-state index in [1.54, 1.807) is 23.5 Å². The molecule has 0 saturated carbocycles. The van der Waals surface area contributed by atoms with Gasteiger partial charge in [-0.25, -0.2) is 13.2 Å². The van der Waals surface area contributed by atoms with E-state index >= 15 is 0 Å². The Morgan fingerprint density at radius 3 is 2.50 bits per heavy atom. The standard InChI is InChI=1S/C25H33N3O5S3/c1-4-5-6-7-10-20-18(3)28-22(24(35-20)34-16-9-8-11-21(29)30)23(26-25(28)31)27-36(32,33)19-14-12-17(2)13-15-19/h12-15H,4-11,16H2,1-3H3,(H,29,30)(H,26,27,31). The van der Waals surface area contributed by atoms with Crippen LogP contribution in [0, 0.1) is 13.8 Å². The van der Waals surface area contributed by atoms with Gasteiger partial charge in [-0.2, -0.15) is 4.98 Å². The quantitative estimate of drug-likeness (QED) is 0.197. The van der Waals surface area contributed by atoms with Crippen molar-refractivity contribution in [2.75, 3.05) is 10.5 Å². The van der Waals surface area contributed by atoms with Crippen molar-refractivity contribution in [1.29, 1.82) is 0 Å². The zero-order valence-corrected chi connectivity index (χ0v) is 23.3. The summed E-state index contributed by atoms with van der Waals surface area (Å²) in [5.41, 5.74) is 1.66. The van der Waals surface area contributed by atoms with Crippen LogP contribution in [0.15, 0.2) is 38.2 Å². The van der Waals surface area contributed by atoms with Gasteiger partial charge >= 0.3 is 11.7 Å². The number of aryl methyl sites for hydroxylation is 2. The van der Waals surface area contributed by atoms with Gasteiger partial charge in [0, 0.05) is 17.0 Å². The van der Waals surface area contributed by atoms with E-state index < -0.39 is 21.7 Å². The van der Waals surface area contributed by atoms with E-state index in [2.05, 4.69) is 16.6 Å². The van der Waals surface area contributed by atoms with Crippen molar-refractivity contribution in [1.82, 2.24) is 9.55 Å². The number of nitrogens with one attached hydrogen (secondary N) is 1. The molecule has 0 aromatic heterocycles. The zero-order valence-electron chi connectivity index (χ0n) is 20.9. The molecular weight excluding hydrogens is 518 g/mol. The Morgan fingerprint density at radius 1 is 1.11 bits per heavy atom. The Bertz CT molecular complexity index is 1310. The molecule has 0 atom stereocenters. The highest BCUT2D eigenvalue weighted by molar-refractivity contribution is 8.01. The highest BCUT2D eigenvalue weighted by Gasteiger charge is 2.27. The topological polar surface area (TPSA) is 118 Å². The summed E-state index contributed by atoms with van der Waals surface area (Å²) in [5, 5.41) is 8.90. The molecule has 0 saturated heterocycles. The minimum absolute atomic E-state index is 0.0190. The summed E-state index contributed by atoms with van der Waals surface area (Å²) in [6.45, 7) is 5.91. The third kappa shape index (κ3) is 7.10. The molecule has 196 valence electrons. The molecule has 2 aliphatic heterocycles. The number of nitrogens with zero attached hydrogens (tertiary/aromatic N) is 2. The molecule has 2 heterocycles. The molecule has 1 aromatic rings. The second-order valence-electron chi connectivity index (χ2n) is 8.75. The van der Waals surface area contributed by atoms with Crippen LogP contribution in [0.25, 0.3) is 5.69 Å². The fourth-order valence-electron chi connectivity index (χ4n) is 3.82. The van der Waals surface area contributed by atoms with Crippen LogP contribution in [0.1, 0.15) is 68.0 Å². The molecule has 0 radical (unpaired) electrons. The van der Waals surface area contributed by atoms with Crippen molar-refractivity contribution < 1.29 is 18.3 Å². The average Bonchev–Trinajstić information content (AvgIpc) is 3.14. The number of aromatic nitrogens is 2. The molecule has 0 amide bonds. The summed E-state index contributed by atoms with van der Waals surface area (Å²) in [5.74, 6) is -0.152. The number of unbranched alkanes of at least 4 members (excludes halogenated alkanes) is 4. The van der Waals surface area contributed by atoms with Crippen molar-refractivity contribution in [2.24, 2.45) is 0 Å². The van der Waals surface area contributed by atoms with E-state index in [0.29, 0.717) is 24.3 Å². The molecule has 3 rings (SSSR count). The predicted octanol–water partition coefficient (Wildman–Crippen LogP) is 5.62. The minimum atomic E-state index is -3.94. The van der Waals surface area contributed by atoms with Crippen LogP contribution >= 0.6 is 23.1 Å². The second-order valence-corrected chi connectivity index (χ2v) is 12.9. The second kappa shape index (κ2) is 12.7. The fraction of sp³-hybridized carbons (Fsp3) is 0.480. The smallest absolute Gasteiger partial charge is 0.354 e. The van der Waals surface area contributed by atoms with Crippen LogP contribution in [-0.2, 0) is 21.2 Å². The van der Waals surface area contributed by atoms with Gasteiger partial charge in [-0.3, -0.25) is 14.1 Å². The van der Waals surface area contributed by atoms with Gasteiger partial charge in [0.1, 0.15) is 5.69 Å². The molecule has 0 spiro atoms. The number of sulfonamides is 1. The van der Waals surface area contributed by atoms with Gasteiger partial charge in [0.25, 0.3) is 10.0 Å². The number of thioether (sulfide) groups is 1. The third-order valence-electron chi connectivity index (χ3n) is 5.83. The number of imidazole rings is 1. The SMILES string of the molecule is CCCCCCc1sc(SCCCCC(=O)O)c2c(NS(=O)(=O)c3ccc(C)cc3)nc(=O)n-2c1C. The van der Waals surface area contributed by atoms with Crippen molar-refractivity contribution in [3.05, 3.63) is 50.9 Å². The number of benzene rings is 1. The number of aliphatic carboxylic acids is 1. The van der Waals surface area contributed by atoms with Crippen LogP contribution in [0.3, 0.4) is 0 Å². The Morgan fingerprint density at radius 2 is 1.83 bits per heavy atom. The van der Waals surface area contributed by atoms with Gasteiger partial charge in [0.2, 0.25) is 0 Å². The highest BCUT2D eigenvalue weighted by atomic mass is 32.2. The lowest BCUT2D eigenvalue weighted by atomic mass is 10.1. The summed E-state index contributed by atoms with van der Waals surface area (Å²) in [7, 11) is -3.94. The minimum Gasteiger partial charge on any atom is -0.481 e. The lowest BCUT2D eigenvalue weighted by Crippen LogP contribution is -2.18. The van der Waals surface area contributed by atoms with Gasteiger partial charge in [0.05, 0.1) is 9.10 Å². The fourth-order valence-corrected chi connectivity index (χ4v) is 7.47. The molecular formula is C25H33N3O5S3. The zero-order chi connectivity index (χ0) is 26.3. The number of carboxylic acids is 1. The number of fused-ring (bicyclic) bond motifs is 1. The summed E-state index contributed by atoms with van der Waals surface area (Å²) < 4.78 is 31.0. The highest BCUT2D eigenvalue weighted by Crippen LogP contribution is 2.39. The molecule has 2 aliphatic rings. The summed E-state index contributed by atoms with van der Waals surface area (Å²) >= 11 is 3.07. The van der Waals surface area contributed by atoms with E-state index in [4.69, 9.17) is 5.11 Å². The Balaban J connectivity index is 1.97. The van der Waals surface area contributed by atoms with Crippen molar-refractivity contribution >= 4 is 44.9 Å². The number of carboxylic acid groups (broad SMARTS) is 1. The summed E-state index contributed by atoms with van der Waals surface area (Å²) in [4.78, 5) is 29.1. The van der Waals surface area contributed by atoms with Crippen LogP contribution in [-0.4, -0.2) is 34.8 Å². The monoisotopic (exact) mass is 551 g/mol. The van der Waals surface area contributed by atoms with Crippen LogP contribution in [0.2, 0.25) is 0 Å². The van der Waals surface area contributed by atoms with Gasteiger partial charge in [0.15, 0.2) is 5.82 Å². The molecule has 0 unspecified atom stereocenters. The molecule has 0 aliphatic carbocycles. The Kier molecular flexibility index (Phi) is 9.98. The van der Waals surface area contributed by atoms with E-state index in [-0.39, 0.29) is 17.1 Å². The van der Waals surface area contributed by atoms with Gasteiger partial charge in [-0.05, 0) is 57.4 Å². The number of carbonyl (C=O) groups is 1. The first-order valence-corrected chi connectivity index (χ1v) is 15.4. The summed E-state index contributed by atoms with van der Waals surface area (Å²) in [6.07, 6.45) is 6.59. The molecule has 11 heteroatoms. The maximum Gasteiger partial charge on any atom is 0.354 e. The number of hydrogen-bond acceptors (Lipinski definition) is 7. The van der Waals surface area contributed by atoms with Crippen molar-refractivity contribution in [3.8, 4) is 5.69 Å². The van der Waals surface area contributed by atoms with E-state index in [0.717, 1.165) is 52.4 Å². The van der Waals surface area contributed by atoms with Crippen molar-refractivity contribution in [3.63, 3.8) is 0 Å². The first kappa shape index (κ1) is 28.2. The van der Waals surface area contributed by atoms with E-state index in [1.807, 2.05) is 13.8 Å². The molecule has 0 fully saturated rings. The van der Waals surface area contributed by atoms with Gasteiger partial charge < -0.3 is 5.11 Å². The summed E-state index contributed by atoms with van der Waals surface area (Å²) in [6, 6.07) is 6.48. The average molecular weight is 552 g/mol. The maximum absolute atomic E-state index is 13.1. The number of anilines is 1. The normalized spacial score (nSPS) is 11.8. The van der Waals surface area contributed by atoms with Crippen molar-refractivity contribution in [2.45, 2.75) is 81.2 Å². The Labute approximate surface area is 220 Å².